The van der Waals surface area contributed by atoms with Gasteiger partial charge in [-0.1, -0.05) is 6.07 Å². The molecule has 1 amide bonds. The summed E-state index contributed by atoms with van der Waals surface area (Å²) in [6.07, 6.45) is 3.55. The van der Waals surface area contributed by atoms with Gasteiger partial charge in [0.05, 0.1) is 13.5 Å². The smallest absolute Gasteiger partial charge is 0.310 e. The molecule has 0 spiro atoms. The van der Waals surface area contributed by atoms with Crippen LogP contribution in [0.4, 0.5) is 15.8 Å². The molecule has 154 valence electrons. The van der Waals surface area contributed by atoms with Crippen LogP contribution in [0, 0.1) is 5.82 Å². The largest absolute Gasteiger partial charge is 0.494 e. The summed E-state index contributed by atoms with van der Waals surface area (Å²) in [6.45, 7) is 1.71. The van der Waals surface area contributed by atoms with Gasteiger partial charge in [-0.25, -0.2) is 4.39 Å². The maximum Gasteiger partial charge on any atom is 0.310 e. The number of nitrogens with one attached hydrogen (secondary N) is 1. The molecule has 6 nitrogen and oxygen atoms in total. The Morgan fingerprint density at radius 3 is 2.45 bits per heavy atom. The summed E-state index contributed by atoms with van der Waals surface area (Å²) in [6, 6.07) is 11.9. The van der Waals surface area contributed by atoms with Gasteiger partial charge in [-0.05, 0) is 61.2 Å². The highest BCUT2D eigenvalue weighted by Gasteiger charge is 2.13. The first kappa shape index (κ1) is 20.6. The van der Waals surface area contributed by atoms with Crippen molar-refractivity contribution in [2.75, 3.05) is 37.0 Å². The molecule has 0 unspecified atom stereocenters. The van der Waals surface area contributed by atoms with Crippen LogP contribution in [0.1, 0.15) is 24.8 Å². The number of anilines is 2. The molecule has 3 rings (SSSR count). The second kappa shape index (κ2) is 9.91. The molecule has 0 saturated carbocycles. The predicted molar refractivity (Wildman–Crippen MR) is 109 cm³/mol. The number of piperidine rings is 1. The van der Waals surface area contributed by atoms with Gasteiger partial charge in [0.1, 0.15) is 0 Å². The SMILES string of the molecule is COc1ccc(CC(=O)OCC(=O)Nc2ccc(N3CCCCC3)cc2)cc1F. The van der Waals surface area contributed by atoms with Crippen LogP contribution in [0.3, 0.4) is 0 Å². The van der Waals surface area contributed by atoms with E-state index in [0.29, 0.717) is 11.3 Å². The molecule has 2 aromatic rings. The fraction of sp³-hybridized carbons (Fsp3) is 0.364. The zero-order valence-corrected chi connectivity index (χ0v) is 16.4. The van der Waals surface area contributed by atoms with Crippen LogP contribution in [0.5, 0.6) is 5.75 Å². The van der Waals surface area contributed by atoms with Gasteiger partial charge < -0.3 is 19.7 Å². The van der Waals surface area contributed by atoms with Crippen molar-refractivity contribution in [2.24, 2.45) is 0 Å². The highest BCUT2D eigenvalue weighted by atomic mass is 19.1. The van der Waals surface area contributed by atoms with Crippen molar-refractivity contribution >= 4 is 23.3 Å². The summed E-state index contributed by atoms with van der Waals surface area (Å²) >= 11 is 0. The minimum atomic E-state index is -0.606. The van der Waals surface area contributed by atoms with Crippen LogP contribution < -0.4 is 15.0 Å². The van der Waals surface area contributed by atoms with Crippen molar-refractivity contribution in [1.82, 2.24) is 0 Å². The number of hydrogen-bond acceptors (Lipinski definition) is 5. The molecule has 0 radical (unpaired) electrons. The van der Waals surface area contributed by atoms with E-state index in [1.165, 1.54) is 38.5 Å². The van der Waals surface area contributed by atoms with Crippen LogP contribution in [0.15, 0.2) is 42.5 Å². The molecule has 0 aliphatic carbocycles. The monoisotopic (exact) mass is 400 g/mol. The standard InChI is InChI=1S/C22H25FN2O4/c1-28-20-10-5-16(13-19(20)23)14-22(27)29-15-21(26)24-17-6-8-18(9-7-17)25-11-3-2-4-12-25/h5-10,13H,2-4,11-12,14-15H2,1H3,(H,24,26). The van der Waals surface area contributed by atoms with Crippen molar-refractivity contribution < 1.29 is 23.5 Å². The number of amides is 1. The Bertz CT molecular complexity index is 848. The van der Waals surface area contributed by atoms with Crippen LogP contribution in [-0.2, 0) is 20.7 Å². The topological polar surface area (TPSA) is 67.9 Å². The average molecular weight is 400 g/mol. The highest BCUT2D eigenvalue weighted by molar-refractivity contribution is 5.93. The van der Waals surface area contributed by atoms with E-state index in [-0.39, 0.29) is 12.2 Å². The number of esters is 1. The van der Waals surface area contributed by atoms with Crippen molar-refractivity contribution in [3.63, 3.8) is 0 Å². The van der Waals surface area contributed by atoms with E-state index >= 15 is 0 Å². The van der Waals surface area contributed by atoms with Gasteiger partial charge in [-0.15, -0.1) is 0 Å². The predicted octanol–water partition coefficient (Wildman–Crippen LogP) is 3.55. The molecule has 1 fully saturated rings. The molecular formula is C22H25FN2O4. The number of carbonyl (C=O) groups excluding carboxylic acids is 2. The van der Waals surface area contributed by atoms with E-state index in [9.17, 15) is 14.0 Å². The number of benzene rings is 2. The van der Waals surface area contributed by atoms with Gasteiger partial charge in [0.15, 0.2) is 18.2 Å². The van der Waals surface area contributed by atoms with E-state index in [1.54, 1.807) is 6.07 Å². The summed E-state index contributed by atoms with van der Waals surface area (Å²) < 4.78 is 23.5. The van der Waals surface area contributed by atoms with Crippen molar-refractivity contribution in [2.45, 2.75) is 25.7 Å². The van der Waals surface area contributed by atoms with E-state index < -0.39 is 24.3 Å². The van der Waals surface area contributed by atoms with Crippen molar-refractivity contribution in [3.05, 3.63) is 53.8 Å². The third-order valence-corrected chi connectivity index (χ3v) is 4.80. The second-order valence-corrected chi connectivity index (χ2v) is 6.95. The fourth-order valence-corrected chi connectivity index (χ4v) is 3.29. The van der Waals surface area contributed by atoms with E-state index in [2.05, 4.69) is 10.2 Å². The summed E-state index contributed by atoms with van der Waals surface area (Å²) in [5.41, 5.74) is 2.23. The first-order valence-corrected chi connectivity index (χ1v) is 9.68. The quantitative estimate of drug-likeness (QED) is 0.720. The normalized spacial score (nSPS) is 13.7. The van der Waals surface area contributed by atoms with Crippen molar-refractivity contribution in [1.29, 1.82) is 0 Å². The van der Waals surface area contributed by atoms with Gasteiger partial charge in [-0.2, -0.15) is 0 Å². The molecule has 1 heterocycles. The zero-order chi connectivity index (χ0) is 20.6. The van der Waals surface area contributed by atoms with Gasteiger partial charge >= 0.3 is 5.97 Å². The minimum Gasteiger partial charge on any atom is -0.494 e. The number of nitrogens with zero attached hydrogens (tertiary/aromatic N) is 1. The molecule has 7 heteroatoms. The lowest BCUT2D eigenvalue weighted by molar-refractivity contribution is -0.146. The summed E-state index contributed by atoms with van der Waals surface area (Å²) in [4.78, 5) is 26.2. The molecule has 0 atom stereocenters. The first-order chi connectivity index (χ1) is 14.0. The van der Waals surface area contributed by atoms with Gasteiger partial charge in [0, 0.05) is 24.5 Å². The Labute approximate surface area is 169 Å². The molecule has 2 aromatic carbocycles. The highest BCUT2D eigenvalue weighted by Crippen LogP contribution is 2.22. The van der Waals surface area contributed by atoms with E-state index in [4.69, 9.17) is 9.47 Å². The second-order valence-electron chi connectivity index (χ2n) is 6.95. The van der Waals surface area contributed by atoms with Gasteiger partial charge in [0.25, 0.3) is 5.91 Å². The van der Waals surface area contributed by atoms with Crippen LogP contribution in [0.2, 0.25) is 0 Å². The summed E-state index contributed by atoms with van der Waals surface area (Å²) in [5, 5.41) is 2.70. The Kier molecular flexibility index (Phi) is 7.05. The average Bonchev–Trinajstić information content (AvgIpc) is 2.74. The van der Waals surface area contributed by atoms with Crippen LogP contribution >= 0.6 is 0 Å². The Balaban J connectivity index is 1.44. The number of hydrogen-bond donors (Lipinski definition) is 1. The molecule has 1 aliphatic heterocycles. The molecule has 29 heavy (non-hydrogen) atoms. The number of methoxy groups -OCH3 is 1. The number of carbonyl (C=O) groups is 2. The molecule has 1 saturated heterocycles. The number of rotatable bonds is 7. The van der Waals surface area contributed by atoms with Crippen LogP contribution in [-0.4, -0.2) is 38.7 Å². The number of halogens is 1. The van der Waals surface area contributed by atoms with E-state index in [1.807, 2.05) is 24.3 Å². The van der Waals surface area contributed by atoms with Crippen molar-refractivity contribution in [3.8, 4) is 5.75 Å². The molecule has 0 bridgehead atoms. The lowest BCUT2D eigenvalue weighted by Gasteiger charge is -2.28. The molecule has 1 aliphatic rings. The Morgan fingerprint density at radius 2 is 1.79 bits per heavy atom. The Hall–Kier alpha value is -3.09. The maximum absolute atomic E-state index is 13.7. The Morgan fingerprint density at radius 1 is 1.07 bits per heavy atom. The summed E-state index contributed by atoms with van der Waals surface area (Å²) in [5.74, 6) is -1.48. The van der Waals surface area contributed by atoms with Gasteiger partial charge in [0.2, 0.25) is 0 Å². The lowest BCUT2D eigenvalue weighted by atomic mass is 10.1. The fourth-order valence-electron chi connectivity index (χ4n) is 3.29. The zero-order valence-electron chi connectivity index (χ0n) is 16.4. The number of ether oxygens (including phenoxy) is 2. The van der Waals surface area contributed by atoms with Gasteiger partial charge in [-0.3, -0.25) is 9.59 Å². The third-order valence-electron chi connectivity index (χ3n) is 4.80. The third kappa shape index (κ3) is 5.94. The molecule has 0 aromatic heterocycles. The molecular weight excluding hydrogens is 375 g/mol. The minimum absolute atomic E-state index is 0.104. The first-order valence-electron chi connectivity index (χ1n) is 9.68. The molecule has 1 N–H and O–H groups in total. The maximum atomic E-state index is 13.7. The van der Waals surface area contributed by atoms with Crippen LogP contribution in [0.25, 0.3) is 0 Å². The summed E-state index contributed by atoms with van der Waals surface area (Å²) in [7, 11) is 1.37. The van der Waals surface area contributed by atoms with E-state index in [0.717, 1.165) is 18.8 Å². The lowest BCUT2D eigenvalue weighted by Crippen LogP contribution is -2.29.